The number of benzene rings is 2. The van der Waals surface area contributed by atoms with Crippen molar-refractivity contribution in [1.82, 2.24) is 10.3 Å². The number of thioether (sulfide) groups is 1. The highest BCUT2D eigenvalue weighted by Gasteiger charge is 2.71. The second-order valence-corrected chi connectivity index (χ2v) is 10.7. The van der Waals surface area contributed by atoms with Gasteiger partial charge in [-0.25, -0.2) is 4.90 Å². The van der Waals surface area contributed by atoms with Crippen LogP contribution in [-0.2, 0) is 20.4 Å². The molecule has 3 saturated heterocycles. The van der Waals surface area contributed by atoms with Crippen molar-refractivity contribution in [3.05, 3.63) is 77.9 Å². The lowest BCUT2D eigenvalue weighted by molar-refractivity contribution is -0.348. The van der Waals surface area contributed by atoms with Crippen LogP contribution in [0.3, 0.4) is 0 Å². The fourth-order valence-corrected chi connectivity index (χ4v) is 5.91. The van der Waals surface area contributed by atoms with E-state index < -0.39 is 29.4 Å². The fourth-order valence-electron chi connectivity index (χ4n) is 5.10. The van der Waals surface area contributed by atoms with E-state index in [0.29, 0.717) is 24.5 Å². The van der Waals surface area contributed by atoms with Crippen molar-refractivity contribution in [3.63, 3.8) is 0 Å². The first-order valence-corrected chi connectivity index (χ1v) is 13.6. The molecule has 3 fully saturated rings. The maximum Gasteiger partial charge on any atom is 0.416 e. The Hall–Kier alpha value is -2.99. The number of allylic oxidation sites excluding steroid dienone is 3. The maximum absolute atomic E-state index is 13.1. The molecule has 0 radical (unpaired) electrons. The number of nitrogens with zero attached hydrogens (tertiary/aromatic N) is 2. The molecule has 39 heavy (non-hydrogen) atoms. The largest absolute Gasteiger partial charge is 0.492 e. The molecule has 0 aromatic heterocycles. The monoisotopic (exact) mass is 561 g/mol. The Morgan fingerprint density at radius 3 is 2.59 bits per heavy atom. The predicted molar refractivity (Wildman–Crippen MR) is 142 cm³/mol. The van der Waals surface area contributed by atoms with Crippen molar-refractivity contribution in [2.75, 3.05) is 31.0 Å². The Kier molecular flexibility index (Phi) is 7.45. The SMILES string of the molecule is CCOC(=O)CSc1ccc(OCC2(C34NN(c5ccc(C(F)(F)F)cc5)C(O3)N4C)C=CC=CC2)cc1C. The molecule has 2 bridgehead atoms. The molecule has 208 valence electrons. The van der Waals surface area contributed by atoms with E-state index in [1.165, 1.54) is 23.9 Å². The van der Waals surface area contributed by atoms with Gasteiger partial charge >= 0.3 is 12.1 Å². The van der Waals surface area contributed by atoms with E-state index >= 15 is 0 Å². The number of aryl methyl sites for hydroxylation is 1. The molecule has 3 unspecified atom stereocenters. The second kappa shape index (κ2) is 10.5. The van der Waals surface area contributed by atoms with Gasteiger partial charge in [-0.1, -0.05) is 24.3 Å². The Labute approximate surface area is 229 Å². The average molecular weight is 562 g/mol. The van der Waals surface area contributed by atoms with Crippen LogP contribution in [0.4, 0.5) is 18.9 Å². The first kappa shape index (κ1) is 27.6. The van der Waals surface area contributed by atoms with Crippen LogP contribution in [0.25, 0.3) is 0 Å². The summed E-state index contributed by atoms with van der Waals surface area (Å²) in [6.07, 6.45) is 3.77. The molecule has 4 aliphatic rings. The highest BCUT2D eigenvalue weighted by atomic mass is 32.2. The molecule has 6 rings (SSSR count). The summed E-state index contributed by atoms with van der Waals surface area (Å²) < 4.78 is 56.9. The third-order valence-electron chi connectivity index (χ3n) is 7.18. The molecule has 11 heteroatoms. The molecule has 3 atom stereocenters. The molecule has 0 spiro atoms. The van der Waals surface area contributed by atoms with Gasteiger partial charge in [0.1, 0.15) is 12.4 Å². The zero-order valence-corrected chi connectivity index (χ0v) is 22.6. The lowest BCUT2D eigenvalue weighted by atomic mass is 9.75. The summed E-state index contributed by atoms with van der Waals surface area (Å²) in [6.45, 7) is 4.39. The van der Waals surface area contributed by atoms with E-state index in [9.17, 15) is 18.0 Å². The summed E-state index contributed by atoms with van der Waals surface area (Å²) >= 11 is 1.42. The van der Waals surface area contributed by atoms with Gasteiger partial charge < -0.3 is 14.2 Å². The van der Waals surface area contributed by atoms with Gasteiger partial charge in [0.05, 0.1) is 29.0 Å². The summed E-state index contributed by atoms with van der Waals surface area (Å²) in [5, 5.41) is 1.74. The number of alkyl halides is 3. The number of fused-ring (bicyclic) bond motifs is 1. The fraction of sp³-hybridized carbons (Fsp3) is 0.393. The third kappa shape index (κ3) is 5.04. The number of hydrogen-bond donors (Lipinski definition) is 1. The lowest BCUT2D eigenvalue weighted by Gasteiger charge is -2.55. The predicted octanol–water partition coefficient (Wildman–Crippen LogP) is 5.47. The maximum atomic E-state index is 13.1. The first-order chi connectivity index (χ1) is 18.6. The summed E-state index contributed by atoms with van der Waals surface area (Å²) in [5.41, 5.74) is 3.64. The number of rotatable bonds is 9. The molecule has 2 aromatic rings. The van der Waals surface area contributed by atoms with E-state index in [1.54, 1.807) is 11.9 Å². The smallest absolute Gasteiger partial charge is 0.416 e. The molecule has 0 amide bonds. The number of esters is 1. The summed E-state index contributed by atoms with van der Waals surface area (Å²) in [5.74, 6) is -0.281. The Morgan fingerprint density at radius 1 is 1.21 bits per heavy atom. The summed E-state index contributed by atoms with van der Waals surface area (Å²) in [4.78, 5) is 14.7. The molecule has 1 aliphatic carbocycles. The topological polar surface area (TPSA) is 63.3 Å². The van der Waals surface area contributed by atoms with Gasteiger partial charge in [-0.05, 0) is 75.3 Å². The number of hydrogen-bond acceptors (Lipinski definition) is 8. The number of halogens is 3. The highest BCUT2D eigenvalue weighted by Crippen LogP contribution is 2.54. The van der Waals surface area contributed by atoms with Gasteiger partial charge in [-0.3, -0.25) is 9.80 Å². The van der Waals surface area contributed by atoms with Crippen LogP contribution >= 0.6 is 11.8 Å². The number of carbonyl (C=O) groups is 1. The van der Waals surface area contributed by atoms with Crippen LogP contribution in [-0.4, -0.2) is 49.1 Å². The van der Waals surface area contributed by atoms with Gasteiger partial charge in [0.2, 0.25) is 12.2 Å². The van der Waals surface area contributed by atoms with Crippen LogP contribution in [0, 0.1) is 12.3 Å². The van der Waals surface area contributed by atoms with Crippen LogP contribution in [0.2, 0.25) is 0 Å². The van der Waals surface area contributed by atoms with Gasteiger partial charge in [0.15, 0.2) is 0 Å². The molecule has 0 saturated carbocycles. The Balaban J connectivity index is 1.31. The number of nitrogens with one attached hydrogen (secondary N) is 1. The number of ether oxygens (including phenoxy) is 3. The molecule has 2 aromatic carbocycles. The average Bonchev–Trinajstić information content (AvgIpc) is 3.47. The Morgan fingerprint density at radius 2 is 1.97 bits per heavy atom. The van der Waals surface area contributed by atoms with E-state index in [-0.39, 0.29) is 18.3 Å². The van der Waals surface area contributed by atoms with Crippen molar-refractivity contribution in [3.8, 4) is 5.75 Å². The number of anilines is 1. The molecule has 3 aliphatic heterocycles. The van der Waals surface area contributed by atoms with Crippen LogP contribution in [0.15, 0.2) is 71.7 Å². The minimum atomic E-state index is -4.40. The van der Waals surface area contributed by atoms with Crippen molar-refractivity contribution in [2.24, 2.45) is 5.41 Å². The molecule has 1 N–H and O–H groups in total. The van der Waals surface area contributed by atoms with Gasteiger partial charge in [0.25, 0.3) is 0 Å². The first-order valence-electron chi connectivity index (χ1n) is 12.6. The number of hydrazine groups is 1. The quantitative estimate of drug-likeness (QED) is 0.319. The van der Waals surface area contributed by atoms with E-state index in [2.05, 4.69) is 11.5 Å². The highest BCUT2D eigenvalue weighted by molar-refractivity contribution is 8.00. The Bertz CT molecular complexity index is 1290. The zero-order valence-electron chi connectivity index (χ0n) is 21.8. The van der Waals surface area contributed by atoms with Crippen molar-refractivity contribution in [1.29, 1.82) is 0 Å². The molecular weight excluding hydrogens is 531 g/mol. The minimum absolute atomic E-state index is 0.240. The van der Waals surface area contributed by atoms with Crippen LogP contribution in [0.1, 0.15) is 24.5 Å². The van der Waals surface area contributed by atoms with Crippen LogP contribution < -0.4 is 15.2 Å². The molecule has 3 heterocycles. The van der Waals surface area contributed by atoms with E-state index in [0.717, 1.165) is 22.6 Å². The van der Waals surface area contributed by atoms with E-state index in [4.69, 9.17) is 14.2 Å². The zero-order chi connectivity index (χ0) is 27.8. The van der Waals surface area contributed by atoms with Crippen molar-refractivity contribution < 1.29 is 32.2 Å². The van der Waals surface area contributed by atoms with Gasteiger partial charge in [-0.15, -0.1) is 11.8 Å². The summed E-state index contributed by atoms with van der Waals surface area (Å²) in [7, 11) is 1.92. The summed E-state index contributed by atoms with van der Waals surface area (Å²) in [6, 6.07) is 10.7. The normalized spacial score (nSPS) is 26.0. The lowest BCUT2D eigenvalue weighted by Crippen LogP contribution is -2.73. The van der Waals surface area contributed by atoms with Gasteiger partial charge in [-0.2, -0.15) is 18.6 Å². The second-order valence-electron chi connectivity index (χ2n) is 9.68. The van der Waals surface area contributed by atoms with Crippen molar-refractivity contribution in [2.45, 2.75) is 43.5 Å². The standard InChI is InChI=1S/C28H30F3N3O4S/c1-4-36-24(35)17-39-23-13-12-22(16-19(23)2)37-18-26(14-6-5-7-15-26)28-32-34(25(38-28)33(28)3)21-10-8-20(9-11-21)27(29,30)31/h5-14,16,25,32H,4,15,17-18H2,1-3H3. The number of carbonyl (C=O) groups excluding carboxylic acids is 1. The van der Waals surface area contributed by atoms with E-state index in [1.807, 2.05) is 55.3 Å². The van der Waals surface area contributed by atoms with Crippen LogP contribution in [0.5, 0.6) is 5.75 Å². The molecule has 7 nitrogen and oxygen atoms in total. The van der Waals surface area contributed by atoms with Crippen molar-refractivity contribution >= 4 is 23.4 Å². The minimum Gasteiger partial charge on any atom is -0.492 e. The third-order valence-corrected chi connectivity index (χ3v) is 8.33. The molecular formula is C28H30F3N3O4S. The van der Waals surface area contributed by atoms with Gasteiger partial charge in [0, 0.05) is 4.90 Å².